The van der Waals surface area contributed by atoms with Gasteiger partial charge in [-0.15, -0.1) is 0 Å². The molecule has 3 aromatic carbocycles. The number of carbonyl (C=O) groups is 1. The first-order valence-electron chi connectivity index (χ1n) is 9.68. The molecular weight excluding hydrogens is 467 g/mol. The molecule has 0 bridgehead atoms. The zero-order valence-electron chi connectivity index (χ0n) is 16.7. The Morgan fingerprint density at radius 3 is 2.44 bits per heavy atom. The normalized spacial score (nSPS) is 10.8. The SMILES string of the molecule is O=C(NCCc1ccccc1)N(S)c1cnc2ccc(-c3cc(Cl)c(O)c(Cl)c3)cc2n1. The van der Waals surface area contributed by atoms with Crippen LogP contribution in [0.1, 0.15) is 5.56 Å². The number of halogens is 2. The maximum absolute atomic E-state index is 12.5. The van der Waals surface area contributed by atoms with Gasteiger partial charge in [-0.05, 0) is 47.4 Å². The van der Waals surface area contributed by atoms with Gasteiger partial charge in [-0.3, -0.25) is 4.98 Å². The van der Waals surface area contributed by atoms with E-state index in [1.54, 1.807) is 24.3 Å². The second kappa shape index (κ2) is 9.65. The van der Waals surface area contributed by atoms with Gasteiger partial charge in [-0.1, -0.05) is 72.4 Å². The van der Waals surface area contributed by atoms with Gasteiger partial charge in [-0.25, -0.2) is 14.1 Å². The van der Waals surface area contributed by atoms with Crippen LogP contribution in [0.25, 0.3) is 22.2 Å². The van der Waals surface area contributed by atoms with Gasteiger partial charge in [0.05, 0.1) is 27.3 Å². The van der Waals surface area contributed by atoms with Crippen LogP contribution < -0.4 is 9.62 Å². The summed E-state index contributed by atoms with van der Waals surface area (Å²) in [7, 11) is 0. The molecule has 0 saturated heterocycles. The van der Waals surface area contributed by atoms with Crippen molar-refractivity contribution in [2.75, 3.05) is 10.8 Å². The topological polar surface area (TPSA) is 78.4 Å². The highest BCUT2D eigenvalue weighted by Crippen LogP contribution is 2.37. The molecule has 0 radical (unpaired) electrons. The molecule has 32 heavy (non-hydrogen) atoms. The summed E-state index contributed by atoms with van der Waals surface area (Å²) in [6, 6.07) is 18.2. The van der Waals surface area contributed by atoms with Gasteiger partial charge in [0.25, 0.3) is 0 Å². The quantitative estimate of drug-likeness (QED) is 0.307. The molecule has 4 aromatic rings. The zero-order chi connectivity index (χ0) is 22.7. The number of fused-ring (bicyclic) bond motifs is 1. The molecule has 2 N–H and O–H groups in total. The number of anilines is 1. The number of phenolic OH excluding ortho intramolecular Hbond substituents is 1. The fourth-order valence-electron chi connectivity index (χ4n) is 3.15. The lowest BCUT2D eigenvalue weighted by Gasteiger charge is -2.16. The van der Waals surface area contributed by atoms with Crippen LogP contribution in [0, 0.1) is 0 Å². The van der Waals surface area contributed by atoms with E-state index in [4.69, 9.17) is 23.2 Å². The molecule has 0 saturated carbocycles. The molecule has 0 unspecified atom stereocenters. The monoisotopic (exact) mass is 484 g/mol. The zero-order valence-corrected chi connectivity index (χ0v) is 19.1. The Morgan fingerprint density at radius 2 is 1.72 bits per heavy atom. The minimum atomic E-state index is -0.397. The second-order valence-electron chi connectivity index (χ2n) is 7.00. The second-order valence-corrected chi connectivity index (χ2v) is 8.21. The van der Waals surface area contributed by atoms with Crippen molar-refractivity contribution < 1.29 is 9.90 Å². The fraction of sp³-hybridized carbons (Fsp3) is 0.0870. The Kier molecular flexibility index (Phi) is 6.69. The lowest BCUT2D eigenvalue weighted by Crippen LogP contribution is -2.35. The summed E-state index contributed by atoms with van der Waals surface area (Å²) in [6.07, 6.45) is 2.19. The van der Waals surface area contributed by atoms with Gasteiger partial charge in [0, 0.05) is 6.54 Å². The third-order valence-electron chi connectivity index (χ3n) is 4.82. The van der Waals surface area contributed by atoms with E-state index in [0.29, 0.717) is 29.6 Å². The van der Waals surface area contributed by atoms with Crippen molar-refractivity contribution in [3.8, 4) is 16.9 Å². The van der Waals surface area contributed by atoms with Crippen LogP contribution in [0.5, 0.6) is 5.75 Å². The van der Waals surface area contributed by atoms with Gasteiger partial charge >= 0.3 is 6.03 Å². The average Bonchev–Trinajstić information content (AvgIpc) is 2.81. The third-order valence-corrected chi connectivity index (χ3v) is 5.78. The molecule has 162 valence electrons. The first-order chi connectivity index (χ1) is 15.4. The van der Waals surface area contributed by atoms with E-state index in [1.165, 1.54) is 6.20 Å². The molecule has 6 nitrogen and oxygen atoms in total. The summed E-state index contributed by atoms with van der Waals surface area (Å²) >= 11 is 16.4. The number of hydrogen-bond acceptors (Lipinski definition) is 5. The van der Waals surface area contributed by atoms with Crippen LogP contribution in [0.15, 0.2) is 66.9 Å². The first-order valence-corrected chi connectivity index (χ1v) is 10.8. The van der Waals surface area contributed by atoms with E-state index < -0.39 is 6.03 Å². The molecule has 1 aromatic heterocycles. The number of rotatable bonds is 5. The number of nitrogens with one attached hydrogen (secondary N) is 1. The summed E-state index contributed by atoms with van der Waals surface area (Å²) in [5.74, 6) is 0.126. The summed E-state index contributed by atoms with van der Waals surface area (Å²) < 4.78 is 1.12. The molecule has 9 heteroatoms. The number of thiol groups is 1. The Balaban J connectivity index is 1.52. The Morgan fingerprint density at radius 1 is 1.00 bits per heavy atom. The van der Waals surface area contributed by atoms with Crippen molar-refractivity contribution in [2.45, 2.75) is 6.42 Å². The fourth-order valence-corrected chi connectivity index (χ4v) is 3.81. The number of aromatic hydroxyl groups is 1. The van der Waals surface area contributed by atoms with Crippen molar-refractivity contribution in [3.63, 3.8) is 0 Å². The number of urea groups is 1. The molecule has 4 rings (SSSR count). The van der Waals surface area contributed by atoms with Crippen LogP contribution in [-0.2, 0) is 6.42 Å². The molecule has 0 fully saturated rings. The third kappa shape index (κ3) is 4.91. The van der Waals surface area contributed by atoms with Crippen LogP contribution in [-0.4, -0.2) is 27.7 Å². The molecule has 1 heterocycles. The van der Waals surface area contributed by atoms with Crippen LogP contribution in [0.2, 0.25) is 10.0 Å². The van der Waals surface area contributed by atoms with Crippen molar-refractivity contribution in [1.29, 1.82) is 0 Å². The molecule has 0 spiro atoms. The van der Waals surface area contributed by atoms with Crippen molar-refractivity contribution in [1.82, 2.24) is 15.3 Å². The number of amides is 2. The minimum Gasteiger partial charge on any atom is -0.505 e. The summed E-state index contributed by atoms with van der Waals surface area (Å²) in [5, 5.41) is 12.9. The maximum atomic E-state index is 12.5. The molecular formula is C23H18Cl2N4O2S. The molecule has 2 amide bonds. The predicted molar refractivity (Wildman–Crippen MR) is 132 cm³/mol. The van der Waals surface area contributed by atoms with E-state index in [1.807, 2.05) is 36.4 Å². The molecule has 0 aliphatic carbocycles. The van der Waals surface area contributed by atoms with Crippen LogP contribution >= 0.6 is 36.0 Å². The Bertz CT molecular complexity index is 1260. The number of carbonyl (C=O) groups excluding carboxylic acids is 1. The summed E-state index contributed by atoms with van der Waals surface area (Å²) in [4.78, 5) is 21.4. The summed E-state index contributed by atoms with van der Waals surface area (Å²) in [5.41, 5.74) is 3.85. The maximum Gasteiger partial charge on any atom is 0.333 e. The molecule has 0 aliphatic rings. The lowest BCUT2D eigenvalue weighted by atomic mass is 10.0. The standard InChI is InChI=1S/C23H18Cl2N4O2S/c24-17-10-16(11-18(25)22(17)30)15-6-7-19-20(12-15)28-21(13-27-19)29(32)23(31)26-9-8-14-4-2-1-3-5-14/h1-7,10-13,30,32H,8-9H2,(H,26,31). The highest BCUT2D eigenvalue weighted by molar-refractivity contribution is 7.82. The Hall–Kier alpha value is -3.00. The first kappa shape index (κ1) is 22.2. The summed E-state index contributed by atoms with van der Waals surface area (Å²) in [6.45, 7) is 0.466. The van der Waals surface area contributed by atoms with E-state index in [2.05, 4.69) is 28.1 Å². The van der Waals surface area contributed by atoms with Gasteiger partial charge in [0.2, 0.25) is 0 Å². The van der Waals surface area contributed by atoms with Gasteiger partial charge < -0.3 is 10.4 Å². The van der Waals surface area contributed by atoms with E-state index in [0.717, 1.165) is 15.4 Å². The van der Waals surface area contributed by atoms with Gasteiger partial charge in [-0.2, -0.15) is 0 Å². The smallest absolute Gasteiger partial charge is 0.333 e. The van der Waals surface area contributed by atoms with Crippen molar-refractivity contribution in [2.24, 2.45) is 0 Å². The number of aromatic nitrogens is 2. The largest absolute Gasteiger partial charge is 0.505 e. The van der Waals surface area contributed by atoms with Crippen LogP contribution in [0.3, 0.4) is 0 Å². The molecule has 0 aliphatic heterocycles. The van der Waals surface area contributed by atoms with E-state index >= 15 is 0 Å². The van der Waals surface area contributed by atoms with Crippen molar-refractivity contribution >= 4 is 58.9 Å². The van der Waals surface area contributed by atoms with Crippen LogP contribution in [0.4, 0.5) is 10.6 Å². The lowest BCUT2D eigenvalue weighted by molar-refractivity contribution is 0.250. The highest BCUT2D eigenvalue weighted by Gasteiger charge is 2.15. The highest BCUT2D eigenvalue weighted by atomic mass is 35.5. The number of phenols is 1. The van der Waals surface area contributed by atoms with E-state index in [9.17, 15) is 9.90 Å². The van der Waals surface area contributed by atoms with Gasteiger partial charge in [0.1, 0.15) is 0 Å². The minimum absolute atomic E-state index is 0.154. The van der Waals surface area contributed by atoms with Gasteiger partial charge in [0.15, 0.2) is 11.6 Å². The van der Waals surface area contributed by atoms with Crippen molar-refractivity contribution in [3.05, 3.63) is 82.5 Å². The van der Waals surface area contributed by atoms with E-state index in [-0.39, 0.29) is 21.6 Å². The number of benzene rings is 3. The molecule has 0 atom stereocenters. The average molecular weight is 485 g/mol. The number of hydrogen-bond donors (Lipinski definition) is 3. The predicted octanol–water partition coefficient (Wildman–Crippen LogP) is 5.91. The Labute approximate surface area is 200 Å². The number of nitrogens with zero attached hydrogens (tertiary/aromatic N) is 3.